The molecule has 0 radical (unpaired) electrons. The number of carbonyl (C=O) groups is 1. The van der Waals surface area contributed by atoms with Crippen LogP contribution in [-0.2, 0) is 11.3 Å². The first-order chi connectivity index (χ1) is 14.1. The average molecular weight is 391 g/mol. The second-order valence-corrected chi connectivity index (χ2v) is 7.48. The summed E-state index contributed by atoms with van der Waals surface area (Å²) in [4.78, 5) is 22.4. The predicted octanol–water partition coefficient (Wildman–Crippen LogP) is 2.21. The highest BCUT2D eigenvalue weighted by Gasteiger charge is 2.22. The van der Waals surface area contributed by atoms with Gasteiger partial charge in [-0.2, -0.15) is 4.80 Å². The summed E-state index contributed by atoms with van der Waals surface area (Å²) in [5.74, 6) is 1.96. The van der Waals surface area contributed by atoms with Gasteiger partial charge in [0.05, 0.1) is 0 Å². The zero-order valence-electron chi connectivity index (χ0n) is 16.8. The van der Waals surface area contributed by atoms with E-state index in [1.54, 1.807) is 6.20 Å². The maximum atomic E-state index is 12.6. The number of benzene rings is 1. The molecule has 2 aromatic heterocycles. The first kappa shape index (κ1) is 19.0. The minimum absolute atomic E-state index is 0.00442. The summed E-state index contributed by atoms with van der Waals surface area (Å²) in [6.45, 7) is 7.26. The third-order valence-corrected chi connectivity index (χ3v) is 5.17. The van der Waals surface area contributed by atoms with Gasteiger partial charge in [-0.25, -0.2) is 4.98 Å². The molecule has 0 aliphatic carbocycles. The Morgan fingerprint density at radius 2 is 1.79 bits per heavy atom. The number of pyridine rings is 1. The number of hydrogen-bond donors (Lipinski definition) is 0. The Kier molecular flexibility index (Phi) is 5.50. The lowest BCUT2D eigenvalue weighted by molar-refractivity contribution is -0.132. The van der Waals surface area contributed by atoms with Crippen molar-refractivity contribution < 1.29 is 4.79 Å². The Hall–Kier alpha value is -3.29. The molecule has 3 heterocycles. The van der Waals surface area contributed by atoms with Crippen molar-refractivity contribution in [3.8, 4) is 11.4 Å². The van der Waals surface area contributed by atoms with Crippen molar-refractivity contribution in [2.75, 3.05) is 31.1 Å². The minimum atomic E-state index is 0.00442. The van der Waals surface area contributed by atoms with Crippen molar-refractivity contribution in [1.29, 1.82) is 0 Å². The molecule has 29 heavy (non-hydrogen) atoms. The van der Waals surface area contributed by atoms with Crippen LogP contribution >= 0.6 is 0 Å². The molecule has 0 saturated carbocycles. The van der Waals surface area contributed by atoms with E-state index in [0.717, 1.165) is 24.5 Å². The molecule has 8 nitrogen and oxygen atoms in total. The third kappa shape index (κ3) is 4.42. The molecule has 0 atom stereocenters. The SMILES string of the molecule is CC(C)c1ccc(-c2nnn(CC(=O)N3CCN(c4ccccn4)CC3)n2)cc1. The smallest absolute Gasteiger partial charge is 0.246 e. The molecule has 1 aliphatic heterocycles. The van der Waals surface area contributed by atoms with Crippen LogP contribution in [0.5, 0.6) is 0 Å². The van der Waals surface area contributed by atoms with E-state index in [1.165, 1.54) is 10.4 Å². The lowest BCUT2D eigenvalue weighted by Gasteiger charge is -2.35. The van der Waals surface area contributed by atoms with Gasteiger partial charge >= 0.3 is 0 Å². The van der Waals surface area contributed by atoms with Crippen molar-refractivity contribution in [2.45, 2.75) is 26.3 Å². The standard InChI is InChI=1S/C21H25N7O/c1-16(2)17-6-8-18(9-7-17)21-23-25-28(24-21)15-20(29)27-13-11-26(12-14-27)19-5-3-4-10-22-19/h3-10,16H,11-15H2,1-2H3. The summed E-state index contributed by atoms with van der Waals surface area (Å²) < 4.78 is 0. The molecule has 0 bridgehead atoms. The topological polar surface area (TPSA) is 80.0 Å². The predicted molar refractivity (Wildman–Crippen MR) is 110 cm³/mol. The van der Waals surface area contributed by atoms with Gasteiger partial charge in [-0.3, -0.25) is 4.79 Å². The van der Waals surface area contributed by atoms with E-state index in [1.807, 2.05) is 35.2 Å². The Balaban J connectivity index is 1.34. The normalized spacial score (nSPS) is 14.4. The van der Waals surface area contributed by atoms with E-state index in [0.29, 0.717) is 24.8 Å². The highest BCUT2D eigenvalue weighted by molar-refractivity contribution is 5.76. The van der Waals surface area contributed by atoms with E-state index >= 15 is 0 Å². The summed E-state index contributed by atoms with van der Waals surface area (Å²) in [6, 6.07) is 14.0. The lowest BCUT2D eigenvalue weighted by atomic mass is 10.0. The lowest BCUT2D eigenvalue weighted by Crippen LogP contribution is -2.50. The Morgan fingerprint density at radius 3 is 2.45 bits per heavy atom. The number of carbonyl (C=O) groups excluding carboxylic acids is 1. The van der Waals surface area contributed by atoms with E-state index in [9.17, 15) is 4.79 Å². The van der Waals surface area contributed by atoms with Crippen LogP contribution in [0.15, 0.2) is 48.7 Å². The molecule has 1 fully saturated rings. The molecule has 1 saturated heterocycles. The first-order valence-corrected chi connectivity index (χ1v) is 9.92. The zero-order chi connectivity index (χ0) is 20.2. The summed E-state index contributed by atoms with van der Waals surface area (Å²) in [6.07, 6.45) is 1.79. The largest absolute Gasteiger partial charge is 0.353 e. The van der Waals surface area contributed by atoms with Gasteiger partial charge in [-0.05, 0) is 28.8 Å². The van der Waals surface area contributed by atoms with Crippen LogP contribution in [0.4, 0.5) is 5.82 Å². The van der Waals surface area contributed by atoms with Crippen molar-refractivity contribution >= 4 is 11.7 Å². The van der Waals surface area contributed by atoms with E-state index in [-0.39, 0.29) is 12.5 Å². The fourth-order valence-corrected chi connectivity index (χ4v) is 3.39. The summed E-state index contributed by atoms with van der Waals surface area (Å²) >= 11 is 0. The van der Waals surface area contributed by atoms with E-state index < -0.39 is 0 Å². The maximum Gasteiger partial charge on any atom is 0.246 e. The molecule has 1 aliphatic rings. The Morgan fingerprint density at radius 1 is 1.03 bits per heavy atom. The second kappa shape index (κ2) is 8.38. The molecular formula is C21H25N7O. The Labute approximate surface area is 170 Å². The fraction of sp³-hybridized carbons (Fsp3) is 0.381. The summed E-state index contributed by atoms with van der Waals surface area (Å²) in [5, 5.41) is 12.5. The van der Waals surface area contributed by atoms with Crippen LogP contribution < -0.4 is 4.90 Å². The van der Waals surface area contributed by atoms with Gasteiger partial charge in [0.1, 0.15) is 12.4 Å². The molecule has 4 rings (SSSR count). The Bertz CT molecular complexity index is 945. The molecule has 1 amide bonds. The minimum Gasteiger partial charge on any atom is -0.353 e. The van der Waals surface area contributed by atoms with Crippen LogP contribution in [0.3, 0.4) is 0 Å². The summed E-state index contributed by atoms with van der Waals surface area (Å²) in [7, 11) is 0. The van der Waals surface area contributed by atoms with Crippen LogP contribution in [0, 0.1) is 0 Å². The van der Waals surface area contributed by atoms with Crippen molar-refractivity contribution in [3.63, 3.8) is 0 Å². The van der Waals surface area contributed by atoms with Gasteiger partial charge in [0.2, 0.25) is 11.7 Å². The quantitative estimate of drug-likeness (QED) is 0.663. The molecule has 0 N–H and O–H groups in total. The van der Waals surface area contributed by atoms with Crippen LogP contribution in [0.1, 0.15) is 25.3 Å². The van der Waals surface area contributed by atoms with Crippen molar-refractivity contribution in [1.82, 2.24) is 30.1 Å². The molecule has 8 heteroatoms. The summed E-state index contributed by atoms with van der Waals surface area (Å²) in [5.41, 5.74) is 2.17. The number of rotatable bonds is 5. The monoisotopic (exact) mass is 391 g/mol. The van der Waals surface area contributed by atoms with Gasteiger partial charge in [-0.15, -0.1) is 10.2 Å². The number of piperazine rings is 1. The van der Waals surface area contributed by atoms with Gasteiger partial charge in [0.25, 0.3) is 0 Å². The number of tetrazole rings is 1. The van der Waals surface area contributed by atoms with Crippen LogP contribution in [0.2, 0.25) is 0 Å². The number of anilines is 1. The second-order valence-electron chi connectivity index (χ2n) is 7.48. The van der Waals surface area contributed by atoms with Crippen molar-refractivity contribution in [3.05, 3.63) is 54.2 Å². The molecule has 150 valence electrons. The molecule has 0 unspecified atom stereocenters. The van der Waals surface area contributed by atoms with Gasteiger partial charge in [0, 0.05) is 37.9 Å². The molecule has 0 spiro atoms. The average Bonchev–Trinajstić information content (AvgIpc) is 3.23. The van der Waals surface area contributed by atoms with E-state index in [2.05, 4.69) is 51.3 Å². The van der Waals surface area contributed by atoms with Gasteiger partial charge in [-0.1, -0.05) is 44.2 Å². The molecular weight excluding hydrogens is 366 g/mol. The van der Waals surface area contributed by atoms with Crippen LogP contribution in [0.25, 0.3) is 11.4 Å². The number of hydrogen-bond acceptors (Lipinski definition) is 6. The number of aromatic nitrogens is 5. The van der Waals surface area contributed by atoms with Crippen LogP contribution in [-0.4, -0.2) is 62.2 Å². The zero-order valence-corrected chi connectivity index (χ0v) is 16.8. The maximum absolute atomic E-state index is 12.6. The highest BCUT2D eigenvalue weighted by Crippen LogP contribution is 2.19. The first-order valence-electron chi connectivity index (χ1n) is 9.92. The number of amides is 1. The highest BCUT2D eigenvalue weighted by atomic mass is 16.2. The van der Waals surface area contributed by atoms with Gasteiger partial charge < -0.3 is 9.80 Å². The number of nitrogens with zero attached hydrogens (tertiary/aromatic N) is 7. The fourth-order valence-electron chi connectivity index (χ4n) is 3.39. The van der Waals surface area contributed by atoms with E-state index in [4.69, 9.17) is 0 Å². The molecule has 3 aromatic rings. The van der Waals surface area contributed by atoms with Crippen molar-refractivity contribution in [2.24, 2.45) is 0 Å². The third-order valence-electron chi connectivity index (χ3n) is 5.17. The molecule has 1 aromatic carbocycles. The van der Waals surface area contributed by atoms with Gasteiger partial charge in [0.15, 0.2) is 0 Å².